The number of anilines is 2. The molecular formula is C26H32N6O. The topological polar surface area (TPSA) is 68.6 Å². The van der Waals surface area contributed by atoms with Crippen LogP contribution in [0.4, 0.5) is 11.5 Å². The van der Waals surface area contributed by atoms with E-state index < -0.39 is 0 Å². The Hall–Kier alpha value is -3.03. The third-order valence-electron chi connectivity index (χ3n) is 6.86. The first kappa shape index (κ1) is 21.8. The van der Waals surface area contributed by atoms with Crippen LogP contribution < -0.4 is 9.80 Å². The van der Waals surface area contributed by atoms with Crippen LogP contribution in [0.5, 0.6) is 0 Å². The number of pyridine rings is 1. The molecule has 2 fully saturated rings. The number of piperazine rings is 1. The Balaban J connectivity index is 1.45. The van der Waals surface area contributed by atoms with Gasteiger partial charge in [0.1, 0.15) is 5.82 Å². The summed E-state index contributed by atoms with van der Waals surface area (Å²) in [6, 6.07) is 14.8. The molecule has 2 aliphatic rings. The Labute approximate surface area is 195 Å². The summed E-state index contributed by atoms with van der Waals surface area (Å²) >= 11 is 0. The Morgan fingerprint density at radius 2 is 1.64 bits per heavy atom. The van der Waals surface area contributed by atoms with E-state index in [1.807, 2.05) is 18.3 Å². The number of aliphatic hydroxyl groups is 1. The lowest BCUT2D eigenvalue weighted by molar-refractivity contribution is 0.203. The van der Waals surface area contributed by atoms with Crippen LogP contribution in [0.3, 0.4) is 0 Å². The number of aliphatic hydroxyl groups excluding tert-OH is 1. The van der Waals surface area contributed by atoms with Gasteiger partial charge in [-0.1, -0.05) is 12.1 Å². The molecule has 0 aliphatic carbocycles. The van der Waals surface area contributed by atoms with Crippen molar-refractivity contribution in [2.24, 2.45) is 5.92 Å². The second kappa shape index (κ2) is 9.85. The fraction of sp³-hybridized carbons (Fsp3) is 0.423. The SMILES string of the molecule is CN1CCN(c2ccc(-c3cc(N4CCC(CO)CC4)nc(-c4cccnc4)n3)cc2)CC1. The molecule has 7 heteroatoms. The molecule has 33 heavy (non-hydrogen) atoms. The summed E-state index contributed by atoms with van der Waals surface area (Å²) in [5, 5.41) is 9.51. The van der Waals surface area contributed by atoms with Crippen LogP contribution in [0.25, 0.3) is 22.6 Å². The maximum absolute atomic E-state index is 9.51. The molecule has 2 aliphatic heterocycles. The van der Waals surface area contributed by atoms with Gasteiger partial charge >= 0.3 is 0 Å². The lowest BCUT2D eigenvalue weighted by Crippen LogP contribution is -2.44. The molecule has 1 N–H and O–H groups in total. The summed E-state index contributed by atoms with van der Waals surface area (Å²) in [7, 11) is 2.18. The monoisotopic (exact) mass is 444 g/mol. The van der Waals surface area contributed by atoms with Crippen molar-refractivity contribution in [3.8, 4) is 22.6 Å². The molecule has 2 saturated heterocycles. The van der Waals surface area contributed by atoms with Gasteiger partial charge in [-0.05, 0) is 50.1 Å². The summed E-state index contributed by atoms with van der Waals surface area (Å²) in [5.74, 6) is 2.03. The molecule has 3 aromatic rings. The van der Waals surface area contributed by atoms with E-state index in [2.05, 4.69) is 57.1 Å². The zero-order valence-electron chi connectivity index (χ0n) is 19.3. The molecular weight excluding hydrogens is 412 g/mol. The van der Waals surface area contributed by atoms with Gasteiger partial charge in [0.2, 0.25) is 0 Å². The quantitative estimate of drug-likeness (QED) is 0.648. The molecule has 0 amide bonds. The van der Waals surface area contributed by atoms with E-state index >= 15 is 0 Å². The Morgan fingerprint density at radius 3 is 2.30 bits per heavy atom. The highest BCUT2D eigenvalue weighted by atomic mass is 16.3. The maximum Gasteiger partial charge on any atom is 0.163 e. The third kappa shape index (κ3) is 4.99. The van der Waals surface area contributed by atoms with Crippen LogP contribution in [0.2, 0.25) is 0 Å². The highest BCUT2D eigenvalue weighted by Crippen LogP contribution is 2.29. The number of benzene rings is 1. The lowest BCUT2D eigenvalue weighted by Gasteiger charge is -2.34. The van der Waals surface area contributed by atoms with Gasteiger partial charge in [-0.2, -0.15) is 0 Å². The minimum absolute atomic E-state index is 0.267. The van der Waals surface area contributed by atoms with Gasteiger partial charge in [-0.3, -0.25) is 4.98 Å². The Kier molecular flexibility index (Phi) is 6.51. The number of hydrogen-bond acceptors (Lipinski definition) is 7. The van der Waals surface area contributed by atoms with Gasteiger partial charge in [0, 0.05) is 81.1 Å². The molecule has 0 bridgehead atoms. The van der Waals surface area contributed by atoms with Crippen LogP contribution >= 0.6 is 0 Å². The lowest BCUT2D eigenvalue weighted by atomic mass is 9.98. The number of rotatable bonds is 5. The Bertz CT molecular complexity index is 1040. The molecule has 0 radical (unpaired) electrons. The van der Waals surface area contributed by atoms with Crippen molar-refractivity contribution in [3.05, 3.63) is 54.9 Å². The molecule has 7 nitrogen and oxygen atoms in total. The highest BCUT2D eigenvalue weighted by molar-refractivity contribution is 5.69. The van der Waals surface area contributed by atoms with Crippen molar-refractivity contribution in [1.82, 2.24) is 19.9 Å². The van der Waals surface area contributed by atoms with E-state index in [0.29, 0.717) is 11.7 Å². The molecule has 0 atom stereocenters. The average molecular weight is 445 g/mol. The first-order chi connectivity index (χ1) is 16.2. The van der Waals surface area contributed by atoms with Crippen molar-refractivity contribution in [2.45, 2.75) is 12.8 Å². The van der Waals surface area contributed by atoms with Crippen LogP contribution in [0.15, 0.2) is 54.9 Å². The smallest absolute Gasteiger partial charge is 0.163 e. The first-order valence-corrected chi connectivity index (χ1v) is 11.9. The van der Waals surface area contributed by atoms with E-state index in [4.69, 9.17) is 9.97 Å². The van der Waals surface area contributed by atoms with Gasteiger partial charge in [-0.25, -0.2) is 9.97 Å². The van der Waals surface area contributed by atoms with Crippen LogP contribution in [-0.4, -0.2) is 77.9 Å². The second-order valence-electron chi connectivity index (χ2n) is 9.13. The minimum Gasteiger partial charge on any atom is -0.396 e. The largest absolute Gasteiger partial charge is 0.396 e. The van der Waals surface area contributed by atoms with Crippen LogP contribution in [-0.2, 0) is 0 Å². The third-order valence-corrected chi connectivity index (χ3v) is 6.86. The standard InChI is InChI=1S/C26H32N6O/c1-30-13-15-31(16-14-30)23-6-4-21(5-7-23)24-17-25(32-11-8-20(19-33)9-12-32)29-26(28-24)22-3-2-10-27-18-22/h2-7,10,17-18,20,33H,8-9,11-16,19H2,1H3. The Morgan fingerprint density at radius 1 is 0.879 bits per heavy atom. The predicted molar refractivity (Wildman–Crippen MR) is 132 cm³/mol. The zero-order chi connectivity index (χ0) is 22.6. The van der Waals surface area contributed by atoms with Crippen molar-refractivity contribution in [3.63, 3.8) is 0 Å². The number of aromatic nitrogens is 3. The van der Waals surface area contributed by atoms with Gasteiger partial charge in [0.15, 0.2) is 5.82 Å². The van der Waals surface area contributed by atoms with Crippen LogP contribution in [0.1, 0.15) is 12.8 Å². The van der Waals surface area contributed by atoms with Gasteiger partial charge < -0.3 is 19.8 Å². The summed E-state index contributed by atoms with van der Waals surface area (Å²) in [6.45, 7) is 6.37. The fourth-order valence-electron chi connectivity index (χ4n) is 4.62. The highest BCUT2D eigenvalue weighted by Gasteiger charge is 2.21. The number of piperidine rings is 1. The van der Waals surface area contributed by atoms with Crippen molar-refractivity contribution in [2.75, 3.05) is 62.7 Å². The fourth-order valence-corrected chi connectivity index (χ4v) is 4.62. The predicted octanol–water partition coefficient (Wildman–Crippen LogP) is 3.17. The molecule has 4 heterocycles. The summed E-state index contributed by atoms with van der Waals surface area (Å²) < 4.78 is 0. The molecule has 1 aromatic carbocycles. The number of likely N-dealkylation sites (N-methyl/N-ethyl adjacent to an activating group) is 1. The zero-order valence-corrected chi connectivity index (χ0v) is 19.3. The van der Waals surface area contributed by atoms with Gasteiger partial charge in [0.25, 0.3) is 0 Å². The van der Waals surface area contributed by atoms with E-state index in [-0.39, 0.29) is 6.61 Å². The first-order valence-electron chi connectivity index (χ1n) is 11.9. The van der Waals surface area contributed by atoms with Crippen LogP contribution in [0, 0.1) is 5.92 Å². The summed E-state index contributed by atoms with van der Waals surface area (Å²) in [4.78, 5) is 21.2. The normalized spacial score (nSPS) is 18.0. The molecule has 0 saturated carbocycles. The number of nitrogens with zero attached hydrogens (tertiary/aromatic N) is 6. The van der Waals surface area contributed by atoms with Crippen molar-refractivity contribution in [1.29, 1.82) is 0 Å². The van der Waals surface area contributed by atoms with Crippen molar-refractivity contribution < 1.29 is 5.11 Å². The average Bonchev–Trinajstić information content (AvgIpc) is 2.89. The minimum atomic E-state index is 0.267. The van der Waals surface area contributed by atoms with Gasteiger partial charge in [0.05, 0.1) is 5.69 Å². The summed E-state index contributed by atoms with van der Waals surface area (Å²) in [5.41, 5.74) is 4.19. The molecule has 172 valence electrons. The number of hydrogen-bond donors (Lipinski definition) is 1. The molecule has 2 aromatic heterocycles. The molecule has 5 rings (SSSR count). The van der Waals surface area contributed by atoms with E-state index in [1.54, 1.807) is 6.20 Å². The van der Waals surface area contributed by atoms with E-state index in [0.717, 1.165) is 74.7 Å². The second-order valence-corrected chi connectivity index (χ2v) is 9.13. The summed E-state index contributed by atoms with van der Waals surface area (Å²) in [6.07, 6.45) is 5.55. The van der Waals surface area contributed by atoms with Gasteiger partial charge in [-0.15, -0.1) is 0 Å². The maximum atomic E-state index is 9.51. The van der Waals surface area contributed by atoms with Crippen molar-refractivity contribution >= 4 is 11.5 Å². The molecule has 0 unspecified atom stereocenters. The molecule has 0 spiro atoms. The van der Waals surface area contributed by atoms with E-state index in [9.17, 15) is 5.11 Å². The van der Waals surface area contributed by atoms with E-state index in [1.165, 1.54) is 5.69 Å².